The number of aromatic nitrogens is 2. The van der Waals surface area contributed by atoms with Crippen LogP contribution in [-0.2, 0) is 10.0 Å². The Bertz CT molecular complexity index is 1090. The molecular weight excluding hydrogens is 366 g/mol. The van der Waals surface area contributed by atoms with Gasteiger partial charge in [0.15, 0.2) is 0 Å². The standard InChI is InChI=1S/C19H19N3O4S/c1-3-22(4-2)27(25,26)14-5-6-17-15(11-14)16(19(23)24)12-18(21-17)13-7-9-20-10-8-13/h5-12H,3-4H2,1-2H3,(H,23,24). The Morgan fingerprint density at radius 2 is 1.74 bits per heavy atom. The number of rotatable bonds is 6. The van der Waals surface area contributed by atoms with E-state index in [0.717, 1.165) is 5.56 Å². The van der Waals surface area contributed by atoms with Crippen molar-refractivity contribution < 1.29 is 18.3 Å². The summed E-state index contributed by atoms with van der Waals surface area (Å²) in [5.41, 5.74) is 1.64. The van der Waals surface area contributed by atoms with Gasteiger partial charge in [-0.2, -0.15) is 4.31 Å². The maximum atomic E-state index is 12.8. The molecule has 0 aliphatic heterocycles. The fourth-order valence-electron chi connectivity index (χ4n) is 2.93. The number of fused-ring (bicyclic) bond motifs is 1. The highest BCUT2D eigenvalue weighted by molar-refractivity contribution is 7.89. The second-order valence-corrected chi connectivity index (χ2v) is 7.80. The summed E-state index contributed by atoms with van der Waals surface area (Å²) in [4.78, 5) is 20.3. The number of carboxylic acid groups (broad SMARTS) is 1. The highest BCUT2D eigenvalue weighted by Gasteiger charge is 2.23. The van der Waals surface area contributed by atoms with Crippen molar-refractivity contribution in [2.24, 2.45) is 0 Å². The third-order valence-electron chi connectivity index (χ3n) is 4.33. The Morgan fingerprint density at radius 3 is 2.33 bits per heavy atom. The second kappa shape index (κ2) is 7.42. The molecule has 0 spiro atoms. The van der Waals surface area contributed by atoms with Gasteiger partial charge in [-0.3, -0.25) is 4.98 Å². The van der Waals surface area contributed by atoms with Crippen molar-refractivity contribution in [2.45, 2.75) is 18.7 Å². The maximum absolute atomic E-state index is 12.8. The minimum absolute atomic E-state index is 0.00316. The van der Waals surface area contributed by atoms with Crippen LogP contribution in [0.4, 0.5) is 0 Å². The summed E-state index contributed by atoms with van der Waals surface area (Å²) in [6.45, 7) is 4.18. The zero-order valence-corrected chi connectivity index (χ0v) is 15.8. The van der Waals surface area contributed by atoms with E-state index in [1.807, 2.05) is 0 Å². The summed E-state index contributed by atoms with van der Waals surface area (Å²) in [6, 6.07) is 9.31. The van der Waals surface area contributed by atoms with E-state index in [4.69, 9.17) is 0 Å². The van der Waals surface area contributed by atoms with Crippen molar-refractivity contribution in [1.82, 2.24) is 14.3 Å². The van der Waals surface area contributed by atoms with Gasteiger partial charge in [-0.25, -0.2) is 18.2 Å². The lowest BCUT2D eigenvalue weighted by Crippen LogP contribution is -2.30. The molecule has 1 N–H and O–H groups in total. The van der Waals surface area contributed by atoms with Gasteiger partial charge in [0.05, 0.1) is 21.7 Å². The molecule has 8 heteroatoms. The minimum atomic E-state index is -3.69. The monoisotopic (exact) mass is 385 g/mol. The van der Waals surface area contributed by atoms with Crippen LogP contribution in [0.3, 0.4) is 0 Å². The highest BCUT2D eigenvalue weighted by Crippen LogP contribution is 2.27. The summed E-state index contributed by atoms with van der Waals surface area (Å²) in [7, 11) is -3.69. The third-order valence-corrected chi connectivity index (χ3v) is 6.38. The van der Waals surface area contributed by atoms with Gasteiger partial charge in [0, 0.05) is 36.4 Å². The summed E-state index contributed by atoms with van der Waals surface area (Å²) >= 11 is 0. The molecule has 0 fully saturated rings. The number of hydrogen-bond acceptors (Lipinski definition) is 5. The van der Waals surface area contributed by atoms with Crippen LogP contribution in [0, 0.1) is 0 Å². The molecule has 140 valence electrons. The zero-order valence-electron chi connectivity index (χ0n) is 15.0. The van der Waals surface area contributed by atoms with Crippen LogP contribution in [0.1, 0.15) is 24.2 Å². The van der Waals surface area contributed by atoms with E-state index in [0.29, 0.717) is 24.3 Å². The van der Waals surface area contributed by atoms with Gasteiger partial charge >= 0.3 is 5.97 Å². The topological polar surface area (TPSA) is 100 Å². The molecule has 0 saturated carbocycles. The number of pyridine rings is 2. The average Bonchev–Trinajstić information content (AvgIpc) is 2.68. The van der Waals surface area contributed by atoms with Crippen molar-refractivity contribution in [1.29, 1.82) is 0 Å². The molecule has 3 aromatic rings. The van der Waals surface area contributed by atoms with Crippen LogP contribution >= 0.6 is 0 Å². The van der Waals surface area contributed by atoms with Crippen LogP contribution in [-0.4, -0.2) is 46.9 Å². The highest BCUT2D eigenvalue weighted by atomic mass is 32.2. The number of aromatic carboxylic acids is 1. The molecule has 0 bridgehead atoms. The summed E-state index contributed by atoms with van der Waals surface area (Å²) in [6.07, 6.45) is 3.20. The quantitative estimate of drug-likeness (QED) is 0.700. The Kier molecular flexibility index (Phi) is 5.20. The number of hydrogen-bond donors (Lipinski definition) is 1. The first kappa shape index (κ1) is 18.9. The Hall–Kier alpha value is -2.84. The van der Waals surface area contributed by atoms with E-state index in [2.05, 4.69) is 9.97 Å². The van der Waals surface area contributed by atoms with Gasteiger partial charge in [0.1, 0.15) is 0 Å². The molecule has 2 aromatic heterocycles. The van der Waals surface area contributed by atoms with Crippen LogP contribution in [0.15, 0.2) is 53.7 Å². The van der Waals surface area contributed by atoms with E-state index in [1.54, 1.807) is 44.4 Å². The lowest BCUT2D eigenvalue weighted by atomic mass is 10.0. The molecule has 0 saturated heterocycles. The summed E-state index contributed by atoms with van der Waals surface area (Å²) in [5.74, 6) is -1.14. The molecule has 2 heterocycles. The molecule has 7 nitrogen and oxygen atoms in total. The molecule has 1 aromatic carbocycles. The smallest absolute Gasteiger partial charge is 0.336 e. The van der Waals surface area contributed by atoms with E-state index >= 15 is 0 Å². The SMILES string of the molecule is CCN(CC)S(=O)(=O)c1ccc2nc(-c3ccncc3)cc(C(=O)O)c2c1. The van der Waals surface area contributed by atoms with Crippen molar-refractivity contribution in [2.75, 3.05) is 13.1 Å². The predicted octanol–water partition coefficient (Wildman–Crippen LogP) is 3.03. The molecule has 27 heavy (non-hydrogen) atoms. The van der Waals surface area contributed by atoms with Crippen LogP contribution in [0.2, 0.25) is 0 Å². The van der Waals surface area contributed by atoms with Gasteiger partial charge in [0.25, 0.3) is 0 Å². The lowest BCUT2D eigenvalue weighted by molar-refractivity contribution is 0.0699. The van der Waals surface area contributed by atoms with Crippen LogP contribution in [0.25, 0.3) is 22.2 Å². The first-order valence-corrected chi connectivity index (χ1v) is 9.91. The van der Waals surface area contributed by atoms with Gasteiger partial charge < -0.3 is 5.11 Å². The predicted molar refractivity (Wildman–Crippen MR) is 102 cm³/mol. The number of carboxylic acids is 1. The van der Waals surface area contributed by atoms with Gasteiger partial charge in [-0.15, -0.1) is 0 Å². The van der Waals surface area contributed by atoms with Crippen LogP contribution in [0.5, 0.6) is 0 Å². The largest absolute Gasteiger partial charge is 0.478 e. The fraction of sp³-hybridized carbons (Fsp3) is 0.211. The minimum Gasteiger partial charge on any atom is -0.478 e. The fourth-order valence-corrected chi connectivity index (χ4v) is 4.41. The van der Waals surface area contributed by atoms with Crippen molar-refractivity contribution >= 4 is 26.9 Å². The lowest BCUT2D eigenvalue weighted by Gasteiger charge is -2.19. The van der Waals surface area contributed by atoms with Crippen molar-refractivity contribution in [3.05, 3.63) is 54.4 Å². The number of benzene rings is 1. The molecule has 0 aliphatic rings. The number of carbonyl (C=O) groups is 1. The summed E-state index contributed by atoms with van der Waals surface area (Å²) in [5, 5.41) is 9.94. The average molecular weight is 385 g/mol. The first-order valence-electron chi connectivity index (χ1n) is 8.47. The second-order valence-electron chi connectivity index (χ2n) is 5.86. The van der Waals surface area contributed by atoms with E-state index < -0.39 is 16.0 Å². The summed E-state index contributed by atoms with van der Waals surface area (Å²) < 4.78 is 26.8. The number of nitrogens with zero attached hydrogens (tertiary/aromatic N) is 3. The Balaban J connectivity index is 2.23. The maximum Gasteiger partial charge on any atom is 0.336 e. The van der Waals surface area contributed by atoms with Gasteiger partial charge in [0.2, 0.25) is 10.0 Å². The molecule has 0 atom stereocenters. The van der Waals surface area contributed by atoms with E-state index in [9.17, 15) is 18.3 Å². The first-order chi connectivity index (χ1) is 12.9. The number of sulfonamides is 1. The molecule has 3 rings (SSSR count). The zero-order chi connectivity index (χ0) is 19.6. The Morgan fingerprint density at radius 1 is 1.07 bits per heavy atom. The van der Waals surface area contributed by atoms with Gasteiger partial charge in [-0.05, 0) is 36.4 Å². The van der Waals surface area contributed by atoms with Crippen LogP contribution < -0.4 is 0 Å². The van der Waals surface area contributed by atoms with E-state index in [1.165, 1.54) is 22.5 Å². The van der Waals surface area contributed by atoms with Crippen molar-refractivity contribution in [3.63, 3.8) is 0 Å². The van der Waals surface area contributed by atoms with E-state index in [-0.39, 0.29) is 15.8 Å². The molecule has 0 radical (unpaired) electrons. The Labute approximate surface area is 157 Å². The molecular formula is C19H19N3O4S. The normalized spacial score (nSPS) is 11.8. The van der Waals surface area contributed by atoms with Crippen molar-refractivity contribution in [3.8, 4) is 11.3 Å². The molecule has 0 aliphatic carbocycles. The molecule has 0 amide bonds. The third kappa shape index (κ3) is 3.54. The van der Waals surface area contributed by atoms with Gasteiger partial charge in [-0.1, -0.05) is 13.8 Å². The molecule has 0 unspecified atom stereocenters.